The Hall–Kier alpha value is -4.87. The molecule has 0 atom stereocenters. The minimum Gasteiger partial charge on any atom is -0.435 e. The molecule has 0 amide bonds. The second kappa shape index (κ2) is 11.3. The molecule has 4 heterocycles. The molecule has 3 aromatic heterocycles. The van der Waals surface area contributed by atoms with Gasteiger partial charge >= 0.3 is 0 Å². The quantitative estimate of drug-likeness (QED) is 0.291. The number of nitrogens with one attached hydrogen (secondary N) is 1. The number of hydrogen-bond acceptors (Lipinski definition) is 8. The summed E-state index contributed by atoms with van der Waals surface area (Å²) >= 11 is 0. The van der Waals surface area contributed by atoms with Gasteiger partial charge in [-0.2, -0.15) is 5.26 Å². The fourth-order valence-corrected chi connectivity index (χ4v) is 4.88. The van der Waals surface area contributed by atoms with Gasteiger partial charge in [-0.1, -0.05) is 54.6 Å². The number of hydrogen-bond donors (Lipinski definition) is 1. The Morgan fingerprint density at radius 3 is 2.41 bits per heavy atom. The van der Waals surface area contributed by atoms with Crippen LogP contribution >= 0.6 is 0 Å². The molecule has 1 aliphatic heterocycles. The molecule has 1 fully saturated rings. The molecule has 8 heteroatoms. The summed E-state index contributed by atoms with van der Waals surface area (Å²) in [6, 6.07) is 26.7. The van der Waals surface area contributed by atoms with Gasteiger partial charge in [-0.05, 0) is 36.6 Å². The maximum Gasteiger partial charge on any atom is 0.234 e. The van der Waals surface area contributed by atoms with Crippen molar-refractivity contribution in [3.63, 3.8) is 0 Å². The van der Waals surface area contributed by atoms with Gasteiger partial charge in [-0.3, -0.25) is 9.88 Å². The number of likely N-dealkylation sites (tertiary alicyclic amines) is 1. The van der Waals surface area contributed by atoms with Crippen LogP contribution < -0.4 is 5.32 Å². The van der Waals surface area contributed by atoms with Crippen molar-refractivity contribution < 1.29 is 4.42 Å². The highest BCUT2D eigenvalue weighted by atomic mass is 16.4. The Balaban J connectivity index is 1.14. The van der Waals surface area contributed by atoms with Crippen molar-refractivity contribution in [2.45, 2.75) is 25.4 Å². The van der Waals surface area contributed by atoms with Crippen molar-refractivity contribution >= 4 is 5.82 Å². The lowest BCUT2D eigenvalue weighted by Gasteiger charge is -2.32. The van der Waals surface area contributed by atoms with Crippen molar-refractivity contribution in [2.24, 2.45) is 0 Å². The van der Waals surface area contributed by atoms with Crippen molar-refractivity contribution in [3.05, 3.63) is 103 Å². The number of piperidine rings is 1. The first-order valence-corrected chi connectivity index (χ1v) is 13.0. The van der Waals surface area contributed by atoms with Crippen molar-refractivity contribution in [3.8, 4) is 40.1 Å². The fourth-order valence-electron chi connectivity index (χ4n) is 4.88. The third-order valence-electron chi connectivity index (χ3n) is 6.90. The van der Waals surface area contributed by atoms with Crippen molar-refractivity contribution in [1.29, 1.82) is 5.26 Å². The molecular weight excluding hydrogens is 486 g/mol. The molecule has 0 radical (unpaired) electrons. The lowest BCUT2D eigenvalue weighted by atomic mass is 10.0. The standard InChI is InChI=1S/C31H27N7O/c32-19-28-34-16-12-27(36-28)35-26-13-17-38(18-14-26)21-22-8-10-24(11-9-22)30-29(23-5-2-1-3-6-23)37-31(39-30)25-7-4-15-33-20-25/h1-12,15-16,20,26H,13-14,17-18,21H2,(H,34,35,36). The summed E-state index contributed by atoms with van der Waals surface area (Å²) in [5.74, 6) is 2.21. The Kier molecular flexibility index (Phi) is 7.06. The highest BCUT2D eigenvalue weighted by Crippen LogP contribution is 2.36. The molecule has 6 rings (SSSR count). The number of nitriles is 1. The smallest absolute Gasteiger partial charge is 0.234 e. The molecule has 0 spiro atoms. The van der Waals surface area contributed by atoms with Crippen LogP contribution in [0.1, 0.15) is 24.2 Å². The van der Waals surface area contributed by atoms with Crippen molar-refractivity contribution in [2.75, 3.05) is 18.4 Å². The Bertz CT molecular complexity index is 1570. The Labute approximate surface area is 227 Å². The number of anilines is 1. The molecule has 1 aliphatic rings. The summed E-state index contributed by atoms with van der Waals surface area (Å²) in [4.78, 5) is 19.7. The molecule has 1 saturated heterocycles. The molecule has 0 aliphatic carbocycles. The number of rotatable bonds is 7. The highest BCUT2D eigenvalue weighted by Gasteiger charge is 2.21. The van der Waals surface area contributed by atoms with Gasteiger partial charge in [-0.25, -0.2) is 15.0 Å². The van der Waals surface area contributed by atoms with Crippen LogP contribution in [0.25, 0.3) is 34.0 Å². The van der Waals surface area contributed by atoms with E-state index in [9.17, 15) is 0 Å². The Morgan fingerprint density at radius 2 is 1.67 bits per heavy atom. The average Bonchev–Trinajstić information content (AvgIpc) is 3.45. The van der Waals surface area contributed by atoms with Crippen LogP contribution in [0, 0.1) is 11.3 Å². The second-order valence-electron chi connectivity index (χ2n) is 9.57. The van der Waals surface area contributed by atoms with Gasteiger partial charge in [-0.15, -0.1) is 0 Å². The Morgan fingerprint density at radius 1 is 0.872 bits per heavy atom. The molecule has 192 valence electrons. The van der Waals surface area contributed by atoms with Gasteiger partial charge in [0.2, 0.25) is 11.7 Å². The van der Waals surface area contributed by atoms with E-state index in [0.717, 1.165) is 60.6 Å². The topological polar surface area (TPSA) is 104 Å². The third kappa shape index (κ3) is 5.69. The van der Waals surface area contributed by atoms with Crippen LogP contribution in [0.5, 0.6) is 0 Å². The fraction of sp³-hybridized carbons (Fsp3) is 0.194. The number of oxazole rings is 1. The summed E-state index contributed by atoms with van der Waals surface area (Å²) in [5.41, 5.74) is 4.93. The van der Waals surface area contributed by atoms with E-state index < -0.39 is 0 Å². The predicted octanol–water partition coefficient (Wildman–Crippen LogP) is 5.81. The van der Waals surface area contributed by atoms with Crippen LogP contribution in [0.2, 0.25) is 0 Å². The van der Waals surface area contributed by atoms with Gasteiger partial charge < -0.3 is 9.73 Å². The predicted molar refractivity (Wildman–Crippen MR) is 149 cm³/mol. The molecule has 5 aromatic rings. The molecule has 39 heavy (non-hydrogen) atoms. The van der Waals surface area contributed by atoms with E-state index in [1.54, 1.807) is 18.6 Å². The van der Waals surface area contributed by atoms with Crippen LogP contribution in [0.15, 0.2) is 95.8 Å². The maximum absolute atomic E-state index is 9.02. The van der Waals surface area contributed by atoms with E-state index in [0.29, 0.717) is 17.8 Å². The van der Waals surface area contributed by atoms with E-state index in [-0.39, 0.29) is 5.82 Å². The summed E-state index contributed by atoms with van der Waals surface area (Å²) in [5, 5.41) is 12.5. The van der Waals surface area contributed by atoms with Crippen LogP contribution in [-0.4, -0.2) is 44.0 Å². The first-order chi connectivity index (χ1) is 19.2. The van der Waals surface area contributed by atoms with Crippen LogP contribution in [-0.2, 0) is 6.54 Å². The number of aromatic nitrogens is 4. The van der Waals surface area contributed by atoms with E-state index >= 15 is 0 Å². The van der Waals surface area contributed by atoms with E-state index in [2.05, 4.69) is 61.6 Å². The van der Waals surface area contributed by atoms with Gasteiger partial charge in [0, 0.05) is 55.4 Å². The number of pyridine rings is 1. The molecule has 1 N–H and O–H groups in total. The summed E-state index contributed by atoms with van der Waals surface area (Å²) in [7, 11) is 0. The zero-order valence-electron chi connectivity index (χ0n) is 21.4. The zero-order valence-corrected chi connectivity index (χ0v) is 21.4. The van der Waals surface area contributed by atoms with E-state index in [1.807, 2.05) is 42.5 Å². The minimum absolute atomic E-state index is 0.190. The molecule has 0 saturated carbocycles. The summed E-state index contributed by atoms with van der Waals surface area (Å²) < 4.78 is 6.31. The largest absolute Gasteiger partial charge is 0.435 e. The first-order valence-electron chi connectivity index (χ1n) is 13.0. The molecule has 2 aromatic carbocycles. The number of benzene rings is 2. The summed E-state index contributed by atoms with van der Waals surface area (Å²) in [6.45, 7) is 2.87. The minimum atomic E-state index is 0.190. The monoisotopic (exact) mass is 513 g/mol. The van der Waals surface area contributed by atoms with E-state index in [4.69, 9.17) is 14.7 Å². The molecule has 0 bridgehead atoms. The van der Waals surface area contributed by atoms with Crippen molar-refractivity contribution in [1.82, 2.24) is 24.8 Å². The average molecular weight is 514 g/mol. The lowest BCUT2D eigenvalue weighted by molar-refractivity contribution is 0.211. The maximum atomic E-state index is 9.02. The van der Waals surface area contributed by atoms with Gasteiger partial charge in [0.05, 0.1) is 5.56 Å². The highest BCUT2D eigenvalue weighted by molar-refractivity contribution is 5.79. The van der Waals surface area contributed by atoms with Crippen LogP contribution in [0.3, 0.4) is 0 Å². The van der Waals surface area contributed by atoms with Gasteiger partial charge in [0.25, 0.3) is 0 Å². The number of nitrogens with zero attached hydrogens (tertiary/aromatic N) is 6. The molecule has 0 unspecified atom stereocenters. The van der Waals surface area contributed by atoms with Gasteiger partial charge in [0.1, 0.15) is 17.6 Å². The van der Waals surface area contributed by atoms with E-state index in [1.165, 1.54) is 5.56 Å². The summed E-state index contributed by atoms with van der Waals surface area (Å²) in [6.07, 6.45) is 7.16. The second-order valence-corrected chi connectivity index (χ2v) is 9.57. The lowest BCUT2D eigenvalue weighted by Crippen LogP contribution is -2.38. The normalized spacial score (nSPS) is 14.1. The van der Waals surface area contributed by atoms with Gasteiger partial charge in [0.15, 0.2) is 5.76 Å². The first kappa shape index (κ1) is 24.5. The SMILES string of the molecule is N#Cc1nccc(NC2CCN(Cc3ccc(-c4oc(-c5cccnc5)nc4-c4ccccc4)cc3)CC2)n1. The zero-order chi connectivity index (χ0) is 26.4. The molecular formula is C31H27N7O. The molecule has 8 nitrogen and oxygen atoms in total. The third-order valence-corrected chi connectivity index (χ3v) is 6.90. The van der Waals surface area contributed by atoms with Crippen LogP contribution in [0.4, 0.5) is 5.82 Å².